The largest absolute Gasteiger partial charge is 0.497 e. The van der Waals surface area contributed by atoms with Gasteiger partial charge in [-0.25, -0.2) is 0 Å². The van der Waals surface area contributed by atoms with Crippen LogP contribution in [0.1, 0.15) is 11.1 Å². The van der Waals surface area contributed by atoms with Gasteiger partial charge in [-0.2, -0.15) is 13.2 Å². The molecule has 0 aliphatic heterocycles. The summed E-state index contributed by atoms with van der Waals surface area (Å²) in [5.41, 5.74) is -0.0839. The Labute approximate surface area is 155 Å². The molecule has 0 saturated heterocycles. The maximum Gasteiger partial charge on any atom is 0.419 e. The highest BCUT2D eigenvalue weighted by Gasteiger charge is 2.34. The summed E-state index contributed by atoms with van der Waals surface area (Å²) < 4.78 is 54.1. The number of halogens is 3. The Morgan fingerprint density at radius 1 is 1.04 bits per heavy atom. The maximum absolute atomic E-state index is 12.9. The van der Waals surface area contributed by atoms with Gasteiger partial charge >= 0.3 is 6.18 Å². The quantitative estimate of drug-likeness (QED) is 0.759. The Hall–Kier alpha value is -2.90. The lowest BCUT2D eigenvalue weighted by atomic mass is 10.1. The van der Waals surface area contributed by atoms with E-state index in [1.165, 1.54) is 25.3 Å². The molecule has 8 heteroatoms. The molecule has 1 N–H and O–H groups in total. The van der Waals surface area contributed by atoms with Gasteiger partial charge in [0.05, 0.1) is 19.8 Å². The van der Waals surface area contributed by atoms with Crippen molar-refractivity contribution in [3.8, 4) is 17.2 Å². The molecule has 0 atom stereocenters. The third-order valence-electron chi connectivity index (χ3n) is 3.76. The molecule has 5 nitrogen and oxygen atoms in total. The van der Waals surface area contributed by atoms with Crippen molar-refractivity contribution >= 4 is 5.91 Å². The van der Waals surface area contributed by atoms with Gasteiger partial charge in [-0.1, -0.05) is 12.1 Å². The van der Waals surface area contributed by atoms with Gasteiger partial charge in [0.1, 0.15) is 17.2 Å². The second kappa shape index (κ2) is 9.16. The Morgan fingerprint density at radius 2 is 1.78 bits per heavy atom. The lowest BCUT2D eigenvalue weighted by Crippen LogP contribution is -2.31. The molecule has 27 heavy (non-hydrogen) atoms. The monoisotopic (exact) mass is 383 g/mol. The van der Waals surface area contributed by atoms with Gasteiger partial charge in [0.15, 0.2) is 6.61 Å². The molecule has 2 aromatic carbocycles. The fraction of sp³-hybridized carbons (Fsp3) is 0.316. The van der Waals surface area contributed by atoms with Gasteiger partial charge in [0.25, 0.3) is 5.91 Å². The topological polar surface area (TPSA) is 56.8 Å². The Balaban J connectivity index is 1.88. The average Bonchev–Trinajstić information content (AvgIpc) is 2.65. The van der Waals surface area contributed by atoms with Gasteiger partial charge in [0, 0.05) is 6.54 Å². The van der Waals surface area contributed by atoms with Crippen LogP contribution in [0.4, 0.5) is 13.2 Å². The van der Waals surface area contributed by atoms with Crippen molar-refractivity contribution in [2.75, 3.05) is 27.4 Å². The van der Waals surface area contributed by atoms with Crippen molar-refractivity contribution in [1.29, 1.82) is 0 Å². The minimum atomic E-state index is -4.55. The van der Waals surface area contributed by atoms with Crippen molar-refractivity contribution in [1.82, 2.24) is 5.32 Å². The van der Waals surface area contributed by atoms with Crippen LogP contribution in [0.2, 0.25) is 0 Å². The summed E-state index contributed by atoms with van der Waals surface area (Å²) in [6.07, 6.45) is -4.08. The van der Waals surface area contributed by atoms with Crippen LogP contribution in [0.25, 0.3) is 0 Å². The first-order valence-corrected chi connectivity index (χ1v) is 8.11. The zero-order valence-electron chi connectivity index (χ0n) is 14.9. The van der Waals surface area contributed by atoms with E-state index < -0.39 is 24.3 Å². The number of hydrogen-bond acceptors (Lipinski definition) is 4. The minimum Gasteiger partial charge on any atom is -0.497 e. The van der Waals surface area contributed by atoms with Gasteiger partial charge in [0.2, 0.25) is 0 Å². The number of para-hydroxylation sites is 1. The van der Waals surface area contributed by atoms with Gasteiger partial charge in [-0.05, 0) is 42.3 Å². The Bertz CT molecular complexity index is 778. The molecule has 0 unspecified atom stereocenters. The van der Waals surface area contributed by atoms with Crippen molar-refractivity contribution in [2.24, 2.45) is 0 Å². The van der Waals surface area contributed by atoms with Crippen molar-refractivity contribution in [2.45, 2.75) is 12.6 Å². The molecule has 0 spiro atoms. The van der Waals surface area contributed by atoms with E-state index in [2.05, 4.69) is 5.32 Å². The van der Waals surface area contributed by atoms with Crippen LogP contribution in [0, 0.1) is 0 Å². The average molecular weight is 383 g/mol. The van der Waals surface area contributed by atoms with E-state index in [0.29, 0.717) is 17.9 Å². The van der Waals surface area contributed by atoms with Crippen LogP contribution in [0.5, 0.6) is 17.2 Å². The fourth-order valence-corrected chi connectivity index (χ4v) is 2.43. The first-order valence-electron chi connectivity index (χ1n) is 8.11. The van der Waals surface area contributed by atoms with Gasteiger partial charge in [-0.15, -0.1) is 0 Å². The van der Waals surface area contributed by atoms with Crippen LogP contribution in [-0.4, -0.2) is 33.3 Å². The van der Waals surface area contributed by atoms with E-state index in [4.69, 9.17) is 14.2 Å². The number of nitrogens with one attached hydrogen (secondary N) is 1. The summed E-state index contributed by atoms with van der Waals surface area (Å²) in [5.74, 6) is 0.410. The molecule has 2 aromatic rings. The third-order valence-corrected chi connectivity index (χ3v) is 3.76. The molecule has 0 fully saturated rings. The Kier molecular flexibility index (Phi) is 6.92. The number of amides is 1. The third kappa shape index (κ3) is 5.80. The fourth-order valence-electron chi connectivity index (χ4n) is 2.43. The van der Waals surface area contributed by atoms with Crippen LogP contribution < -0.4 is 19.5 Å². The summed E-state index contributed by atoms with van der Waals surface area (Å²) in [6.45, 7) is -0.241. The zero-order valence-corrected chi connectivity index (χ0v) is 14.9. The van der Waals surface area contributed by atoms with Gasteiger partial charge < -0.3 is 19.5 Å². The summed E-state index contributed by atoms with van der Waals surface area (Å²) in [7, 11) is 3.08. The molecule has 0 heterocycles. The number of alkyl halides is 3. The number of hydrogen-bond donors (Lipinski definition) is 1. The molecule has 2 rings (SSSR count). The second-order valence-electron chi connectivity index (χ2n) is 5.56. The number of carbonyl (C=O) groups is 1. The number of carbonyl (C=O) groups excluding carboxylic acids is 1. The smallest absolute Gasteiger partial charge is 0.419 e. The zero-order chi connectivity index (χ0) is 19.9. The Morgan fingerprint density at radius 3 is 2.44 bits per heavy atom. The summed E-state index contributed by atoms with van der Waals surface area (Å²) in [4.78, 5) is 11.9. The molecule has 0 saturated carbocycles. The molecule has 0 bridgehead atoms. The van der Waals surface area contributed by atoms with Crippen molar-refractivity contribution in [3.05, 3.63) is 53.6 Å². The lowest BCUT2D eigenvalue weighted by molar-refractivity contribution is -0.139. The summed E-state index contributed by atoms with van der Waals surface area (Å²) in [6, 6.07) is 10.1. The number of benzene rings is 2. The predicted molar refractivity (Wildman–Crippen MR) is 93.2 cm³/mol. The highest BCUT2D eigenvalue weighted by molar-refractivity contribution is 5.77. The first-order chi connectivity index (χ1) is 12.8. The standard InChI is InChI=1S/C19H20F3NO4/c1-25-14-7-8-16(26-2)13(11-14)9-10-23-18(24)12-27-17-6-4-3-5-15(17)19(20,21)22/h3-8,11H,9-10,12H2,1-2H3,(H,23,24). The van der Waals surface area contributed by atoms with Crippen molar-refractivity contribution in [3.63, 3.8) is 0 Å². The number of rotatable bonds is 8. The van der Waals surface area contributed by atoms with E-state index in [9.17, 15) is 18.0 Å². The SMILES string of the molecule is COc1ccc(OC)c(CCNC(=O)COc2ccccc2C(F)(F)F)c1. The number of methoxy groups -OCH3 is 2. The van der Waals surface area contributed by atoms with E-state index >= 15 is 0 Å². The summed E-state index contributed by atoms with van der Waals surface area (Å²) in [5, 5.41) is 2.61. The van der Waals surface area contributed by atoms with Crippen molar-refractivity contribution < 1.29 is 32.2 Å². The van der Waals surface area contributed by atoms with Crippen LogP contribution in [0.15, 0.2) is 42.5 Å². The van der Waals surface area contributed by atoms with E-state index in [-0.39, 0.29) is 12.3 Å². The molecule has 0 aromatic heterocycles. The van der Waals surface area contributed by atoms with Crippen LogP contribution in [-0.2, 0) is 17.4 Å². The molecule has 0 aliphatic rings. The highest BCUT2D eigenvalue weighted by atomic mass is 19.4. The van der Waals surface area contributed by atoms with E-state index in [1.807, 2.05) is 0 Å². The highest BCUT2D eigenvalue weighted by Crippen LogP contribution is 2.35. The number of ether oxygens (including phenoxy) is 3. The molecular weight excluding hydrogens is 363 g/mol. The molecular formula is C19H20F3NO4. The van der Waals surface area contributed by atoms with Gasteiger partial charge in [-0.3, -0.25) is 4.79 Å². The molecule has 1 amide bonds. The maximum atomic E-state index is 12.9. The second-order valence-corrected chi connectivity index (χ2v) is 5.56. The minimum absolute atomic E-state index is 0.270. The van der Waals surface area contributed by atoms with E-state index in [0.717, 1.165) is 11.6 Å². The van der Waals surface area contributed by atoms with Crippen LogP contribution >= 0.6 is 0 Å². The normalized spacial score (nSPS) is 11.0. The first kappa shape index (κ1) is 20.4. The molecule has 0 radical (unpaired) electrons. The summed E-state index contributed by atoms with van der Waals surface area (Å²) >= 11 is 0. The van der Waals surface area contributed by atoms with Crippen LogP contribution in [0.3, 0.4) is 0 Å². The van der Waals surface area contributed by atoms with E-state index in [1.54, 1.807) is 25.3 Å². The predicted octanol–water partition coefficient (Wildman–Crippen LogP) is 3.46. The lowest BCUT2D eigenvalue weighted by Gasteiger charge is -2.14. The molecule has 0 aliphatic carbocycles. The molecule has 146 valence electrons.